The van der Waals surface area contributed by atoms with Crippen molar-refractivity contribution < 1.29 is 14.6 Å². The van der Waals surface area contributed by atoms with Crippen molar-refractivity contribution in [1.29, 1.82) is 0 Å². The van der Waals surface area contributed by atoms with Crippen LogP contribution in [0.1, 0.15) is 25.7 Å². The van der Waals surface area contributed by atoms with Gasteiger partial charge in [-0.25, -0.2) is 0 Å². The van der Waals surface area contributed by atoms with E-state index < -0.39 is 0 Å². The van der Waals surface area contributed by atoms with Gasteiger partial charge >= 0.3 is 0 Å². The van der Waals surface area contributed by atoms with Crippen molar-refractivity contribution in [2.75, 3.05) is 26.8 Å². The van der Waals surface area contributed by atoms with Gasteiger partial charge in [0, 0.05) is 25.1 Å². The Morgan fingerprint density at radius 2 is 1.95 bits per heavy atom. The van der Waals surface area contributed by atoms with E-state index in [-0.39, 0.29) is 12.5 Å². The van der Waals surface area contributed by atoms with Gasteiger partial charge in [0.2, 0.25) is 5.91 Å². The molecular formula is C15H22ClNO3. The van der Waals surface area contributed by atoms with E-state index in [0.29, 0.717) is 24.6 Å². The summed E-state index contributed by atoms with van der Waals surface area (Å²) in [6, 6.07) is 7.15. The monoisotopic (exact) mass is 299 g/mol. The second-order valence-corrected chi connectivity index (χ2v) is 5.09. The third-order valence-corrected chi connectivity index (χ3v) is 3.24. The third-order valence-electron chi connectivity index (χ3n) is 2.98. The molecule has 0 radical (unpaired) electrons. The molecule has 0 fully saturated rings. The largest absolute Gasteiger partial charge is 0.492 e. The molecule has 1 N–H and O–H groups in total. The quantitative estimate of drug-likeness (QED) is 0.713. The number of hydrogen-bond donors (Lipinski definition) is 1. The molecule has 0 unspecified atom stereocenters. The summed E-state index contributed by atoms with van der Waals surface area (Å²) >= 11 is 5.78. The topological polar surface area (TPSA) is 49.8 Å². The van der Waals surface area contributed by atoms with Crippen LogP contribution in [0.4, 0.5) is 0 Å². The fourth-order valence-corrected chi connectivity index (χ4v) is 1.84. The highest BCUT2D eigenvalue weighted by Gasteiger charge is 2.08. The highest BCUT2D eigenvalue weighted by molar-refractivity contribution is 6.30. The van der Waals surface area contributed by atoms with Crippen LogP contribution in [0.5, 0.6) is 5.75 Å². The number of unbranched alkanes of at least 4 members (excludes halogenated alkanes) is 2. The molecule has 20 heavy (non-hydrogen) atoms. The number of aliphatic hydroxyl groups excluding tert-OH is 1. The molecule has 0 bridgehead atoms. The number of halogens is 1. The maximum absolute atomic E-state index is 11.8. The Kier molecular flexibility index (Phi) is 8.07. The van der Waals surface area contributed by atoms with Crippen molar-refractivity contribution in [3.63, 3.8) is 0 Å². The minimum Gasteiger partial charge on any atom is -0.492 e. The molecule has 1 amide bonds. The lowest BCUT2D eigenvalue weighted by molar-refractivity contribution is -0.130. The lowest BCUT2D eigenvalue weighted by Crippen LogP contribution is -2.30. The van der Waals surface area contributed by atoms with Gasteiger partial charge in [0.25, 0.3) is 0 Å². The van der Waals surface area contributed by atoms with Gasteiger partial charge < -0.3 is 14.7 Å². The van der Waals surface area contributed by atoms with E-state index in [9.17, 15) is 4.79 Å². The number of rotatable bonds is 9. The first-order chi connectivity index (χ1) is 9.63. The number of amides is 1. The van der Waals surface area contributed by atoms with E-state index in [1.165, 1.54) is 0 Å². The van der Waals surface area contributed by atoms with Crippen LogP contribution in [0.3, 0.4) is 0 Å². The predicted molar refractivity (Wildman–Crippen MR) is 80.1 cm³/mol. The van der Waals surface area contributed by atoms with E-state index in [1.54, 1.807) is 36.2 Å². The SMILES string of the molecule is CN(CCOc1ccc(Cl)cc1)C(=O)CCCCCO. The minimum atomic E-state index is 0.114. The summed E-state index contributed by atoms with van der Waals surface area (Å²) in [5, 5.41) is 9.34. The molecule has 0 saturated carbocycles. The summed E-state index contributed by atoms with van der Waals surface area (Å²) in [7, 11) is 1.78. The summed E-state index contributed by atoms with van der Waals surface area (Å²) in [6.45, 7) is 1.21. The van der Waals surface area contributed by atoms with Gasteiger partial charge in [-0.1, -0.05) is 18.0 Å². The molecule has 0 aromatic heterocycles. The van der Waals surface area contributed by atoms with Gasteiger partial charge in [0.1, 0.15) is 12.4 Å². The maximum Gasteiger partial charge on any atom is 0.222 e. The van der Waals surface area contributed by atoms with Crippen LogP contribution < -0.4 is 4.74 Å². The van der Waals surface area contributed by atoms with Crippen molar-refractivity contribution in [2.45, 2.75) is 25.7 Å². The van der Waals surface area contributed by atoms with Gasteiger partial charge in [-0.2, -0.15) is 0 Å². The molecule has 0 aliphatic heterocycles. The highest BCUT2D eigenvalue weighted by Crippen LogP contribution is 2.15. The average Bonchev–Trinajstić information content (AvgIpc) is 2.45. The van der Waals surface area contributed by atoms with E-state index >= 15 is 0 Å². The van der Waals surface area contributed by atoms with Crippen LogP contribution in [0.15, 0.2) is 24.3 Å². The summed E-state index contributed by atoms with van der Waals surface area (Å²) in [4.78, 5) is 13.5. The first-order valence-electron chi connectivity index (χ1n) is 6.86. The Balaban J connectivity index is 2.17. The molecule has 0 saturated heterocycles. The number of nitrogens with zero attached hydrogens (tertiary/aromatic N) is 1. The molecule has 1 aromatic rings. The number of hydrogen-bond acceptors (Lipinski definition) is 3. The lowest BCUT2D eigenvalue weighted by Gasteiger charge is -2.17. The van der Waals surface area contributed by atoms with E-state index in [1.807, 2.05) is 0 Å². The Morgan fingerprint density at radius 1 is 1.25 bits per heavy atom. The Hall–Kier alpha value is -1.26. The van der Waals surface area contributed by atoms with E-state index in [2.05, 4.69) is 0 Å². The van der Waals surface area contributed by atoms with Gasteiger partial charge in [0.05, 0.1) is 6.54 Å². The molecule has 0 aliphatic carbocycles. The van der Waals surface area contributed by atoms with Crippen LogP contribution in [-0.4, -0.2) is 42.7 Å². The van der Waals surface area contributed by atoms with Gasteiger partial charge in [-0.05, 0) is 37.1 Å². The molecule has 0 atom stereocenters. The Bertz CT molecular complexity index is 395. The van der Waals surface area contributed by atoms with Crippen LogP contribution in [-0.2, 0) is 4.79 Å². The first kappa shape index (κ1) is 16.8. The number of carbonyl (C=O) groups excluding carboxylic acids is 1. The zero-order valence-corrected chi connectivity index (χ0v) is 12.6. The second-order valence-electron chi connectivity index (χ2n) is 4.65. The summed E-state index contributed by atoms with van der Waals surface area (Å²) in [5.74, 6) is 0.862. The second kappa shape index (κ2) is 9.61. The fraction of sp³-hybridized carbons (Fsp3) is 0.533. The van der Waals surface area contributed by atoms with Crippen molar-refractivity contribution in [1.82, 2.24) is 4.90 Å². The number of aliphatic hydroxyl groups is 1. The number of carbonyl (C=O) groups is 1. The van der Waals surface area contributed by atoms with Crippen LogP contribution in [0, 0.1) is 0 Å². The highest BCUT2D eigenvalue weighted by atomic mass is 35.5. The predicted octanol–water partition coefficient (Wildman–Crippen LogP) is 2.73. The summed E-state index contributed by atoms with van der Waals surface area (Å²) < 4.78 is 5.54. The van der Waals surface area contributed by atoms with Gasteiger partial charge in [0.15, 0.2) is 0 Å². The Morgan fingerprint density at radius 3 is 2.60 bits per heavy atom. The molecule has 0 heterocycles. The normalized spacial score (nSPS) is 10.3. The number of likely N-dealkylation sites (N-methyl/N-ethyl adjacent to an activating group) is 1. The number of ether oxygens (including phenoxy) is 1. The first-order valence-corrected chi connectivity index (χ1v) is 7.24. The molecule has 1 rings (SSSR count). The lowest BCUT2D eigenvalue weighted by atomic mass is 10.2. The molecule has 112 valence electrons. The van der Waals surface area contributed by atoms with Crippen molar-refractivity contribution in [2.24, 2.45) is 0 Å². The van der Waals surface area contributed by atoms with Gasteiger partial charge in [-0.15, -0.1) is 0 Å². The molecule has 0 spiro atoms. The molecule has 5 heteroatoms. The standard InChI is InChI=1S/C15H22ClNO3/c1-17(15(19)5-3-2-4-11-18)10-12-20-14-8-6-13(16)7-9-14/h6-9,18H,2-5,10-12H2,1H3. The zero-order valence-electron chi connectivity index (χ0n) is 11.8. The van der Waals surface area contributed by atoms with Crippen LogP contribution >= 0.6 is 11.6 Å². The van der Waals surface area contributed by atoms with Crippen molar-refractivity contribution in [3.05, 3.63) is 29.3 Å². The smallest absolute Gasteiger partial charge is 0.222 e. The van der Waals surface area contributed by atoms with Crippen molar-refractivity contribution >= 4 is 17.5 Å². The van der Waals surface area contributed by atoms with Crippen LogP contribution in [0.25, 0.3) is 0 Å². The molecule has 4 nitrogen and oxygen atoms in total. The zero-order chi connectivity index (χ0) is 14.8. The molecule has 0 aliphatic rings. The minimum absolute atomic E-state index is 0.114. The van der Waals surface area contributed by atoms with Crippen LogP contribution in [0.2, 0.25) is 5.02 Å². The molecule has 1 aromatic carbocycles. The maximum atomic E-state index is 11.8. The fourth-order valence-electron chi connectivity index (χ4n) is 1.71. The number of benzene rings is 1. The van der Waals surface area contributed by atoms with E-state index in [0.717, 1.165) is 25.0 Å². The molecular weight excluding hydrogens is 278 g/mol. The average molecular weight is 300 g/mol. The van der Waals surface area contributed by atoms with Crippen molar-refractivity contribution in [3.8, 4) is 5.75 Å². The summed E-state index contributed by atoms with van der Waals surface area (Å²) in [5.41, 5.74) is 0. The Labute approximate surface area is 125 Å². The third kappa shape index (κ3) is 6.78. The van der Waals surface area contributed by atoms with Gasteiger partial charge in [-0.3, -0.25) is 4.79 Å². The van der Waals surface area contributed by atoms with E-state index in [4.69, 9.17) is 21.4 Å². The summed E-state index contributed by atoms with van der Waals surface area (Å²) in [6.07, 6.45) is 2.99.